The van der Waals surface area contributed by atoms with E-state index in [2.05, 4.69) is 148 Å². The standard InChI is InChI=1S/C79H136NO8P/c1-6-8-10-12-14-16-18-20-22-24-26-28-30-32-34-36-37-38-39-40-41-42-43-44-46-48-50-52-54-56-58-60-62-64-66-68-70-72-79(82)88-77(76-87-89(83,84)86-74-73-80(3,4)5)75-85-78(81)71-69-67-65-63-61-59-57-55-53-51-49-47-45-35-33-31-29-27-25-23-21-19-17-15-13-11-9-7-2/h8,10,14,16,20,22,26,28,32,34,37-38,40-41,43-44,48,50,54,56,60,62,77H,6-7,9,11-13,15,17-19,21,23-25,27,29-31,33,35-36,39,42,45-47,49,51-53,55,57-59,61,63-76H2,1-5H3/p+1/b10-8-,16-14-,22-20-,28-26-,34-32-,38-37-,41-40-,44-43-,50-48-,56-54-,62-60-. The molecular weight excluding hydrogens is 1120 g/mol. The quantitative estimate of drug-likeness (QED) is 0.0211. The van der Waals surface area contributed by atoms with Gasteiger partial charge in [0, 0.05) is 12.8 Å². The first-order chi connectivity index (χ1) is 43.5. The van der Waals surface area contributed by atoms with Crippen LogP contribution in [0.15, 0.2) is 134 Å². The molecule has 0 rings (SSSR count). The second kappa shape index (κ2) is 68.5. The molecule has 0 aromatic rings. The number of hydrogen-bond donors (Lipinski definition) is 1. The van der Waals surface area contributed by atoms with Crippen molar-refractivity contribution in [3.63, 3.8) is 0 Å². The summed E-state index contributed by atoms with van der Waals surface area (Å²) in [6.45, 7) is 4.31. The zero-order chi connectivity index (χ0) is 64.8. The van der Waals surface area contributed by atoms with E-state index in [1.807, 2.05) is 21.1 Å². The number of quaternary nitrogens is 1. The molecule has 0 aliphatic rings. The lowest BCUT2D eigenvalue weighted by Gasteiger charge is -2.24. The van der Waals surface area contributed by atoms with E-state index in [1.165, 1.54) is 161 Å². The first kappa shape index (κ1) is 85.2. The molecule has 0 fully saturated rings. The number of phosphoric acid groups is 1. The monoisotopic (exact) mass is 1260 g/mol. The fourth-order valence-corrected chi connectivity index (χ4v) is 10.6. The van der Waals surface area contributed by atoms with Crippen LogP contribution < -0.4 is 0 Å². The molecule has 9 nitrogen and oxygen atoms in total. The summed E-state index contributed by atoms with van der Waals surface area (Å²) in [5.41, 5.74) is 0. The predicted molar refractivity (Wildman–Crippen MR) is 385 cm³/mol. The average molecular weight is 1260 g/mol. The number of likely N-dealkylation sites (N-methyl/N-ethyl adjacent to an activating group) is 1. The lowest BCUT2D eigenvalue weighted by atomic mass is 10.0. The Kier molecular flexibility index (Phi) is 65.6. The van der Waals surface area contributed by atoms with E-state index in [9.17, 15) is 19.0 Å². The van der Waals surface area contributed by atoms with Gasteiger partial charge in [-0.2, -0.15) is 0 Å². The first-order valence-corrected chi connectivity index (χ1v) is 37.9. The van der Waals surface area contributed by atoms with E-state index in [0.29, 0.717) is 17.4 Å². The number of ether oxygens (including phenoxy) is 2. The van der Waals surface area contributed by atoms with Crippen LogP contribution in [0.2, 0.25) is 0 Å². The number of nitrogens with zero attached hydrogens (tertiary/aromatic N) is 1. The van der Waals surface area contributed by atoms with Gasteiger partial charge in [-0.05, 0) is 96.3 Å². The van der Waals surface area contributed by atoms with Crippen molar-refractivity contribution >= 4 is 19.8 Å². The van der Waals surface area contributed by atoms with E-state index in [0.717, 1.165) is 109 Å². The second-order valence-corrected chi connectivity index (χ2v) is 26.7. The maximum absolute atomic E-state index is 12.9. The summed E-state index contributed by atoms with van der Waals surface area (Å²) in [4.78, 5) is 35.9. The molecule has 0 heterocycles. The summed E-state index contributed by atoms with van der Waals surface area (Å²) in [5.74, 6) is -0.833. The van der Waals surface area contributed by atoms with Crippen molar-refractivity contribution in [3.05, 3.63) is 134 Å². The molecule has 0 amide bonds. The maximum atomic E-state index is 12.9. The summed E-state index contributed by atoms with van der Waals surface area (Å²) in [6.07, 6.45) is 100.0. The number of rotatable bonds is 66. The Morgan fingerprint density at radius 1 is 0.360 bits per heavy atom. The summed E-state index contributed by atoms with van der Waals surface area (Å²) < 4.78 is 34.7. The Balaban J connectivity index is 4.15. The molecule has 0 aromatic carbocycles. The molecule has 0 saturated heterocycles. The van der Waals surface area contributed by atoms with Gasteiger partial charge in [-0.15, -0.1) is 0 Å². The number of carbonyl (C=O) groups excluding carboxylic acids is 2. The van der Waals surface area contributed by atoms with Gasteiger partial charge in [0.25, 0.3) is 0 Å². The molecule has 10 heteroatoms. The minimum atomic E-state index is -4.41. The summed E-state index contributed by atoms with van der Waals surface area (Å²) in [6, 6.07) is 0. The van der Waals surface area contributed by atoms with Gasteiger partial charge in [0.05, 0.1) is 27.7 Å². The number of carbonyl (C=O) groups is 2. The van der Waals surface area contributed by atoms with E-state index < -0.39 is 26.5 Å². The van der Waals surface area contributed by atoms with Gasteiger partial charge in [0.1, 0.15) is 19.8 Å². The highest BCUT2D eigenvalue weighted by Gasteiger charge is 2.27. The van der Waals surface area contributed by atoms with Gasteiger partial charge in [0.15, 0.2) is 6.10 Å². The lowest BCUT2D eigenvalue weighted by molar-refractivity contribution is -0.870. The largest absolute Gasteiger partial charge is 0.472 e. The van der Waals surface area contributed by atoms with Gasteiger partial charge < -0.3 is 18.9 Å². The Morgan fingerprint density at radius 2 is 0.640 bits per heavy atom. The number of hydrogen-bond acceptors (Lipinski definition) is 7. The summed E-state index contributed by atoms with van der Waals surface area (Å²) in [7, 11) is 1.45. The van der Waals surface area contributed by atoms with Crippen molar-refractivity contribution in [2.45, 2.75) is 309 Å². The van der Waals surface area contributed by atoms with Gasteiger partial charge in [-0.25, -0.2) is 4.57 Å². The third kappa shape index (κ3) is 73.1. The van der Waals surface area contributed by atoms with Crippen LogP contribution >= 0.6 is 7.82 Å². The Bertz CT molecular complexity index is 1970. The minimum absolute atomic E-state index is 0.0195. The van der Waals surface area contributed by atoms with Gasteiger partial charge >= 0.3 is 19.8 Å². The summed E-state index contributed by atoms with van der Waals surface area (Å²) >= 11 is 0. The lowest BCUT2D eigenvalue weighted by Crippen LogP contribution is -2.37. The minimum Gasteiger partial charge on any atom is -0.462 e. The number of allylic oxidation sites excluding steroid dienone is 22. The van der Waals surface area contributed by atoms with E-state index in [-0.39, 0.29) is 32.0 Å². The maximum Gasteiger partial charge on any atom is 0.472 e. The molecular formula is C79H137NO8P+. The molecule has 0 spiro atoms. The number of unbranched alkanes of at least 4 members (excludes halogenated alkanes) is 30. The van der Waals surface area contributed by atoms with Crippen molar-refractivity contribution in [2.75, 3.05) is 47.5 Å². The number of esters is 2. The molecule has 0 bridgehead atoms. The first-order valence-electron chi connectivity index (χ1n) is 36.4. The van der Waals surface area contributed by atoms with Crippen LogP contribution in [0.5, 0.6) is 0 Å². The Morgan fingerprint density at radius 3 is 0.955 bits per heavy atom. The SMILES string of the molecule is CC/C=C\C/C=C\C/C=C\C/C=C\C/C=C\C/C=C\C/C=C\C/C=C\C/C=C\C/C=C\C/C=C\CCCCCC(=O)OC(COC(=O)CCCCCCCCCCCCCCCCCCCCCCCCCCCCCC)COP(=O)(O)OCC[N+](C)(C)C. The van der Waals surface area contributed by atoms with Crippen LogP contribution in [0, 0.1) is 0 Å². The number of phosphoric ester groups is 1. The van der Waals surface area contributed by atoms with Crippen LogP contribution in [0.3, 0.4) is 0 Å². The fourth-order valence-electron chi connectivity index (χ4n) is 9.91. The molecule has 0 saturated carbocycles. The Hall–Kier alpha value is -3.85. The third-order valence-electron chi connectivity index (χ3n) is 15.4. The normalized spacial score (nSPS) is 13.9. The van der Waals surface area contributed by atoms with Crippen LogP contribution in [-0.2, 0) is 32.7 Å². The van der Waals surface area contributed by atoms with Crippen LogP contribution in [0.25, 0.3) is 0 Å². The van der Waals surface area contributed by atoms with Crippen molar-refractivity contribution in [1.82, 2.24) is 0 Å². The molecule has 89 heavy (non-hydrogen) atoms. The van der Waals surface area contributed by atoms with Crippen molar-refractivity contribution in [2.24, 2.45) is 0 Å². The Labute approximate surface area is 549 Å². The van der Waals surface area contributed by atoms with Crippen LogP contribution in [-0.4, -0.2) is 74.9 Å². The van der Waals surface area contributed by atoms with Crippen LogP contribution in [0.1, 0.15) is 303 Å². The molecule has 510 valence electrons. The smallest absolute Gasteiger partial charge is 0.462 e. The van der Waals surface area contributed by atoms with E-state index in [1.54, 1.807) is 0 Å². The highest BCUT2D eigenvalue weighted by atomic mass is 31.2. The van der Waals surface area contributed by atoms with E-state index in [4.69, 9.17) is 18.5 Å². The molecule has 0 aliphatic carbocycles. The highest BCUT2D eigenvalue weighted by Crippen LogP contribution is 2.43. The van der Waals surface area contributed by atoms with E-state index >= 15 is 0 Å². The molecule has 2 atom stereocenters. The second-order valence-electron chi connectivity index (χ2n) is 25.3. The molecule has 1 N–H and O–H groups in total. The van der Waals surface area contributed by atoms with Gasteiger partial charge in [0.2, 0.25) is 0 Å². The van der Waals surface area contributed by atoms with Crippen molar-refractivity contribution < 1.29 is 42.1 Å². The van der Waals surface area contributed by atoms with Gasteiger partial charge in [-0.3, -0.25) is 18.6 Å². The highest BCUT2D eigenvalue weighted by molar-refractivity contribution is 7.47. The predicted octanol–water partition coefficient (Wildman–Crippen LogP) is 24.0. The molecule has 2 unspecified atom stereocenters. The van der Waals surface area contributed by atoms with Crippen molar-refractivity contribution in [1.29, 1.82) is 0 Å². The van der Waals surface area contributed by atoms with Crippen LogP contribution in [0.4, 0.5) is 0 Å². The fraction of sp³-hybridized carbons (Fsp3) is 0.696. The summed E-state index contributed by atoms with van der Waals surface area (Å²) in [5, 5.41) is 0. The average Bonchev–Trinajstić information content (AvgIpc) is 3.60. The topological polar surface area (TPSA) is 108 Å². The molecule has 0 aliphatic heterocycles. The third-order valence-corrected chi connectivity index (χ3v) is 16.4. The van der Waals surface area contributed by atoms with Crippen molar-refractivity contribution in [3.8, 4) is 0 Å². The zero-order valence-corrected chi connectivity index (χ0v) is 59.0. The molecule has 0 aromatic heterocycles. The zero-order valence-electron chi connectivity index (χ0n) is 58.1. The molecule has 0 radical (unpaired) electrons. The van der Waals surface area contributed by atoms with Gasteiger partial charge in [-0.1, -0.05) is 327 Å².